The fourth-order valence-corrected chi connectivity index (χ4v) is 1.97. The summed E-state index contributed by atoms with van der Waals surface area (Å²) >= 11 is 0. The molecule has 0 aromatic rings. The number of hydrogen-bond acceptors (Lipinski definition) is 1. The first-order valence-corrected chi connectivity index (χ1v) is 4.95. The third kappa shape index (κ3) is 2.82. The van der Waals surface area contributed by atoms with E-state index in [-0.39, 0.29) is 0 Å². The molecule has 1 aliphatic rings. The van der Waals surface area contributed by atoms with Crippen LogP contribution in [0.1, 0.15) is 46.0 Å². The van der Waals surface area contributed by atoms with E-state index in [2.05, 4.69) is 13.8 Å². The third-order valence-corrected chi connectivity index (χ3v) is 2.83. The molecule has 1 aliphatic carbocycles. The van der Waals surface area contributed by atoms with Gasteiger partial charge in [0, 0.05) is 6.04 Å². The van der Waals surface area contributed by atoms with Crippen molar-refractivity contribution in [3.05, 3.63) is 0 Å². The van der Waals surface area contributed by atoms with Gasteiger partial charge in [0.1, 0.15) is 0 Å². The van der Waals surface area contributed by atoms with Crippen LogP contribution < -0.4 is 5.73 Å². The van der Waals surface area contributed by atoms with E-state index >= 15 is 0 Å². The predicted molar refractivity (Wildman–Crippen MR) is 49.4 cm³/mol. The fraction of sp³-hybridized carbons (Fsp3) is 1.00. The molecule has 0 aromatic carbocycles. The maximum Gasteiger partial charge on any atom is 0.00671 e. The summed E-state index contributed by atoms with van der Waals surface area (Å²) in [7, 11) is 0. The molecule has 0 bridgehead atoms. The first kappa shape index (κ1) is 9.05. The molecule has 0 unspecified atom stereocenters. The van der Waals surface area contributed by atoms with E-state index in [9.17, 15) is 0 Å². The maximum atomic E-state index is 5.97. The summed E-state index contributed by atoms with van der Waals surface area (Å²) < 4.78 is 0. The molecule has 0 amide bonds. The Balaban J connectivity index is 2.15. The average molecular weight is 155 g/mol. The molecule has 0 spiro atoms. The smallest absolute Gasteiger partial charge is 0.00671 e. The topological polar surface area (TPSA) is 26.0 Å². The van der Waals surface area contributed by atoms with E-state index in [4.69, 9.17) is 5.73 Å². The lowest BCUT2D eigenvalue weighted by Crippen LogP contribution is -2.24. The van der Waals surface area contributed by atoms with Gasteiger partial charge in [0.15, 0.2) is 0 Å². The van der Waals surface area contributed by atoms with Crippen molar-refractivity contribution in [2.24, 2.45) is 17.6 Å². The molecule has 1 saturated carbocycles. The molecule has 1 nitrogen and oxygen atoms in total. The van der Waals surface area contributed by atoms with Gasteiger partial charge in [-0.15, -0.1) is 0 Å². The molecule has 0 aliphatic heterocycles. The van der Waals surface area contributed by atoms with Gasteiger partial charge < -0.3 is 5.73 Å². The lowest BCUT2D eigenvalue weighted by atomic mass is 9.94. The van der Waals surface area contributed by atoms with Gasteiger partial charge in [-0.05, 0) is 31.1 Å². The van der Waals surface area contributed by atoms with E-state index in [1.54, 1.807) is 0 Å². The second-order valence-electron chi connectivity index (χ2n) is 4.33. The summed E-state index contributed by atoms with van der Waals surface area (Å²) in [5, 5.41) is 0. The van der Waals surface area contributed by atoms with Crippen molar-refractivity contribution >= 4 is 0 Å². The van der Waals surface area contributed by atoms with Gasteiger partial charge in [0.05, 0.1) is 0 Å². The Morgan fingerprint density at radius 3 is 2.55 bits per heavy atom. The molecule has 1 rings (SSSR count). The van der Waals surface area contributed by atoms with Crippen molar-refractivity contribution in [3.8, 4) is 0 Å². The highest BCUT2D eigenvalue weighted by molar-refractivity contribution is 4.79. The van der Waals surface area contributed by atoms with Gasteiger partial charge in [-0.3, -0.25) is 0 Å². The Labute approximate surface area is 70.4 Å². The van der Waals surface area contributed by atoms with Crippen LogP contribution in [0.15, 0.2) is 0 Å². The van der Waals surface area contributed by atoms with Crippen molar-refractivity contribution < 1.29 is 0 Å². The van der Waals surface area contributed by atoms with E-state index in [1.165, 1.54) is 32.1 Å². The van der Waals surface area contributed by atoms with E-state index in [1.807, 2.05) is 0 Å². The molecule has 0 saturated heterocycles. The minimum absolute atomic E-state index is 0.522. The van der Waals surface area contributed by atoms with Gasteiger partial charge in [-0.2, -0.15) is 0 Å². The number of hydrogen-bond donors (Lipinski definition) is 1. The minimum atomic E-state index is 0.522. The zero-order valence-corrected chi connectivity index (χ0v) is 7.84. The molecule has 2 atom stereocenters. The highest BCUT2D eigenvalue weighted by atomic mass is 14.7. The first-order chi connectivity index (χ1) is 5.20. The molecular formula is C10H21N. The van der Waals surface area contributed by atoms with Crippen LogP contribution in [-0.2, 0) is 0 Å². The van der Waals surface area contributed by atoms with Gasteiger partial charge in [-0.1, -0.05) is 26.7 Å². The Morgan fingerprint density at radius 1 is 1.36 bits per heavy atom. The Kier molecular flexibility index (Phi) is 3.38. The Hall–Kier alpha value is -0.0400. The van der Waals surface area contributed by atoms with Crippen molar-refractivity contribution in [1.29, 1.82) is 0 Å². The standard InChI is InChI=1S/C10H21N/c1-8(2)6-7-9-4-3-5-10(9)11/h8-10H,3-7,11H2,1-2H3/t9-,10-/m0/s1. The molecule has 0 radical (unpaired) electrons. The lowest BCUT2D eigenvalue weighted by molar-refractivity contribution is 0.398. The molecule has 1 heteroatoms. The van der Waals surface area contributed by atoms with Crippen LogP contribution in [0.4, 0.5) is 0 Å². The van der Waals surface area contributed by atoms with Crippen LogP contribution in [0, 0.1) is 11.8 Å². The van der Waals surface area contributed by atoms with Crippen LogP contribution in [-0.4, -0.2) is 6.04 Å². The summed E-state index contributed by atoms with van der Waals surface area (Å²) in [4.78, 5) is 0. The summed E-state index contributed by atoms with van der Waals surface area (Å²) in [6.07, 6.45) is 6.73. The summed E-state index contributed by atoms with van der Waals surface area (Å²) in [5.41, 5.74) is 5.97. The summed E-state index contributed by atoms with van der Waals surface area (Å²) in [5.74, 6) is 1.69. The summed E-state index contributed by atoms with van der Waals surface area (Å²) in [6.45, 7) is 4.58. The van der Waals surface area contributed by atoms with E-state index in [0.717, 1.165) is 11.8 Å². The van der Waals surface area contributed by atoms with Gasteiger partial charge >= 0.3 is 0 Å². The fourth-order valence-electron chi connectivity index (χ4n) is 1.97. The summed E-state index contributed by atoms with van der Waals surface area (Å²) in [6, 6.07) is 0.522. The minimum Gasteiger partial charge on any atom is -0.327 e. The largest absolute Gasteiger partial charge is 0.327 e. The van der Waals surface area contributed by atoms with Crippen molar-refractivity contribution in [1.82, 2.24) is 0 Å². The second kappa shape index (κ2) is 4.10. The first-order valence-electron chi connectivity index (χ1n) is 4.95. The Morgan fingerprint density at radius 2 is 2.09 bits per heavy atom. The van der Waals surface area contributed by atoms with Crippen LogP contribution in [0.3, 0.4) is 0 Å². The molecule has 2 N–H and O–H groups in total. The molecule has 66 valence electrons. The quantitative estimate of drug-likeness (QED) is 0.666. The number of rotatable bonds is 3. The van der Waals surface area contributed by atoms with Crippen LogP contribution in [0.2, 0.25) is 0 Å². The van der Waals surface area contributed by atoms with E-state index in [0.29, 0.717) is 6.04 Å². The zero-order chi connectivity index (χ0) is 8.27. The molecule has 11 heavy (non-hydrogen) atoms. The third-order valence-electron chi connectivity index (χ3n) is 2.83. The average Bonchev–Trinajstić information content (AvgIpc) is 2.31. The highest BCUT2D eigenvalue weighted by Gasteiger charge is 2.23. The van der Waals surface area contributed by atoms with Crippen molar-refractivity contribution in [2.75, 3.05) is 0 Å². The molecular weight excluding hydrogens is 134 g/mol. The molecule has 0 heterocycles. The van der Waals surface area contributed by atoms with Crippen LogP contribution in [0.25, 0.3) is 0 Å². The maximum absolute atomic E-state index is 5.97. The zero-order valence-electron chi connectivity index (χ0n) is 7.84. The lowest BCUT2D eigenvalue weighted by Gasteiger charge is -2.15. The van der Waals surface area contributed by atoms with Crippen molar-refractivity contribution in [2.45, 2.75) is 52.0 Å². The number of nitrogens with two attached hydrogens (primary N) is 1. The highest BCUT2D eigenvalue weighted by Crippen LogP contribution is 2.28. The molecule has 1 fully saturated rings. The molecule has 0 aromatic heterocycles. The van der Waals surface area contributed by atoms with Crippen molar-refractivity contribution in [3.63, 3.8) is 0 Å². The predicted octanol–water partition coefficient (Wildman–Crippen LogP) is 2.55. The van der Waals surface area contributed by atoms with Crippen LogP contribution >= 0.6 is 0 Å². The Bertz CT molecular complexity index is 109. The monoisotopic (exact) mass is 155 g/mol. The van der Waals surface area contributed by atoms with Crippen LogP contribution in [0.5, 0.6) is 0 Å². The normalized spacial score (nSPS) is 31.6. The second-order valence-corrected chi connectivity index (χ2v) is 4.33. The van der Waals surface area contributed by atoms with Gasteiger partial charge in [0.2, 0.25) is 0 Å². The SMILES string of the molecule is CC(C)CC[C@@H]1CCC[C@@H]1N. The van der Waals surface area contributed by atoms with Gasteiger partial charge in [-0.25, -0.2) is 0 Å². The van der Waals surface area contributed by atoms with E-state index < -0.39 is 0 Å². The van der Waals surface area contributed by atoms with Gasteiger partial charge in [0.25, 0.3) is 0 Å².